The van der Waals surface area contributed by atoms with Crippen LogP contribution in [0.3, 0.4) is 0 Å². The van der Waals surface area contributed by atoms with Crippen molar-refractivity contribution in [2.45, 2.75) is 60.0 Å². The molecule has 35 heavy (non-hydrogen) atoms. The fraction of sp³-hybridized carbons (Fsp3) is 0.333. The molecule has 8 nitrogen and oxygen atoms in total. The van der Waals surface area contributed by atoms with Gasteiger partial charge in [-0.25, -0.2) is 4.99 Å². The first kappa shape index (κ1) is 25.7. The molecule has 0 saturated heterocycles. The van der Waals surface area contributed by atoms with Crippen molar-refractivity contribution in [2.24, 2.45) is 4.99 Å². The molecule has 2 aromatic carbocycles. The number of rotatable bonds is 8. The van der Waals surface area contributed by atoms with E-state index in [-0.39, 0.29) is 11.8 Å². The predicted octanol–water partition coefficient (Wildman–Crippen LogP) is 5.08. The molecule has 0 aliphatic heterocycles. The number of aryl methyl sites for hydroxylation is 2. The molecule has 0 bridgehead atoms. The molecule has 8 heteroatoms. The number of nitrogens with one attached hydrogen (secondary N) is 3. The fourth-order valence-electron chi connectivity index (χ4n) is 3.51. The molecule has 0 unspecified atom stereocenters. The molecule has 3 aromatic rings. The lowest BCUT2D eigenvalue weighted by molar-refractivity contribution is -0.114. The predicted molar refractivity (Wildman–Crippen MR) is 141 cm³/mol. The van der Waals surface area contributed by atoms with Crippen LogP contribution in [0.5, 0.6) is 0 Å². The van der Waals surface area contributed by atoms with Crippen molar-refractivity contribution in [3.63, 3.8) is 0 Å². The Bertz CT molecular complexity index is 1180. The molecule has 0 spiro atoms. The van der Waals surface area contributed by atoms with Crippen molar-refractivity contribution in [1.82, 2.24) is 15.1 Å². The summed E-state index contributed by atoms with van der Waals surface area (Å²) in [7, 11) is 0. The number of anilines is 2. The molecule has 0 fully saturated rings. The van der Waals surface area contributed by atoms with Gasteiger partial charge in [0.15, 0.2) is 0 Å². The number of hydrogen-bond donors (Lipinski definition) is 3. The van der Waals surface area contributed by atoms with Crippen LogP contribution in [0.2, 0.25) is 0 Å². The first-order valence-electron chi connectivity index (χ1n) is 11.9. The second-order valence-corrected chi connectivity index (χ2v) is 8.78. The van der Waals surface area contributed by atoms with E-state index in [1.165, 1.54) is 12.5 Å². The van der Waals surface area contributed by atoms with Crippen LogP contribution in [0.25, 0.3) is 0 Å². The molecule has 2 amide bonds. The maximum absolute atomic E-state index is 13.0. The number of aromatic nitrogens is 2. The molecule has 0 radical (unpaired) electrons. The summed E-state index contributed by atoms with van der Waals surface area (Å²) in [6.07, 6.45) is 3.00. The van der Waals surface area contributed by atoms with Crippen LogP contribution < -0.4 is 16.0 Å². The van der Waals surface area contributed by atoms with E-state index < -0.39 is 0 Å². The first-order valence-corrected chi connectivity index (χ1v) is 11.9. The van der Waals surface area contributed by atoms with Crippen LogP contribution in [0.15, 0.2) is 59.7 Å². The van der Waals surface area contributed by atoms with Crippen LogP contribution in [0, 0.1) is 6.92 Å². The Kier molecular flexibility index (Phi) is 8.78. The molecule has 1 aromatic heterocycles. The normalized spacial score (nSPS) is 11.4. The van der Waals surface area contributed by atoms with Crippen molar-refractivity contribution >= 4 is 29.1 Å². The number of nitrogens with zero attached hydrogens (tertiary/aromatic N) is 3. The van der Waals surface area contributed by atoms with Crippen LogP contribution in [-0.2, 0) is 17.9 Å². The number of hydrogen-bond acceptors (Lipinski definition) is 4. The largest absolute Gasteiger partial charge is 0.326 e. The van der Waals surface area contributed by atoms with Crippen molar-refractivity contribution in [1.29, 1.82) is 0 Å². The average molecular weight is 475 g/mol. The number of benzene rings is 2. The second-order valence-electron chi connectivity index (χ2n) is 8.78. The topological polar surface area (TPSA) is 100 Å². The maximum Gasteiger partial charge on any atom is 0.257 e. The van der Waals surface area contributed by atoms with Crippen molar-refractivity contribution in [3.8, 4) is 0 Å². The van der Waals surface area contributed by atoms with Gasteiger partial charge in [0.05, 0.1) is 12.2 Å². The van der Waals surface area contributed by atoms with Crippen molar-refractivity contribution in [2.75, 3.05) is 10.6 Å². The summed E-state index contributed by atoms with van der Waals surface area (Å²) >= 11 is 0. The monoisotopic (exact) mass is 474 g/mol. The third-order valence-electron chi connectivity index (χ3n) is 5.45. The van der Waals surface area contributed by atoms with Gasteiger partial charge in [0, 0.05) is 42.2 Å². The van der Waals surface area contributed by atoms with Crippen LogP contribution in [0.1, 0.15) is 67.2 Å². The van der Waals surface area contributed by atoms with Gasteiger partial charge in [0.2, 0.25) is 11.9 Å². The Hall–Kier alpha value is -3.94. The van der Waals surface area contributed by atoms with E-state index >= 15 is 0 Å². The molecule has 3 N–H and O–H groups in total. The average Bonchev–Trinajstić information content (AvgIpc) is 3.17. The molecule has 1 heterocycles. The first-order chi connectivity index (χ1) is 16.7. The molecule has 0 aliphatic rings. The third-order valence-corrected chi connectivity index (χ3v) is 5.45. The molecule has 0 saturated carbocycles. The van der Waals surface area contributed by atoms with Gasteiger partial charge < -0.3 is 10.6 Å². The van der Waals surface area contributed by atoms with Gasteiger partial charge in [-0.2, -0.15) is 5.10 Å². The summed E-state index contributed by atoms with van der Waals surface area (Å²) in [4.78, 5) is 28.9. The number of carbonyl (C=O) groups is 2. The lowest BCUT2D eigenvalue weighted by atomic mass is 10.0. The van der Waals surface area contributed by atoms with E-state index in [0.717, 1.165) is 29.9 Å². The Balaban J connectivity index is 1.80. The number of carbonyl (C=O) groups excluding carboxylic acids is 2. The van der Waals surface area contributed by atoms with E-state index in [1.54, 1.807) is 24.3 Å². The maximum atomic E-state index is 13.0. The third kappa shape index (κ3) is 7.53. The number of amides is 2. The Morgan fingerprint density at radius 3 is 2.23 bits per heavy atom. The van der Waals surface area contributed by atoms with E-state index in [2.05, 4.69) is 58.9 Å². The molecule has 184 valence electrons. The van der Waals surface area contributed by atoms with E-state index in [0.29, 0.717) is 29.7 Å². The lowest BCUT2D eigenvalue weighted by Gasteiger charge is -2.13. The standard InChI is InChI=1S/C27H34N6O2/c1-6-15-33-17-23(19(4)32-33)16-28-27(30-25-11-7-21(8-12-25)18(2)3)31-26(35)22-9-13-24(14-10-22)29-20(5)34/h7-14,17-18H,6,15-16H2,1-5H3,(H,29,34)(H2,28,30,31,35). The van der Waals surface area contributed by atoms with Crippen molar-refractivity contribution in [3.05, 3.63) is 77.1 Å². The minimum atomic E-state index is -0.303. The molecule has 3 rings (SSSR count). The minimum absolute atomic E-state index is 0.165. The number of guanidine groups is 1. The van der Waals surface area contributed by atoms with E-state index in [9.17, 15) is 9.59 Å². The van der Waals surface area contributed by atoms with E-state index in [4.69, 9.17) is 0 Å². The summed E-state index contributed by atoms with van der Waals surface area (Å²) in [5, 5.41) is 13.4. The van der Waals surface area contributed by atoms with Gasteiger partial charge >= 0.3 is 0 Å². The number of aliphatic imine (C=N–C) groups is 1. The molecular weight excluding hydrogens is 440 g/mol. The molecule has 0 atom stereocenters. The van der Waals surface area contributed by atoms with Crippen LogP contribution in [-0.4, -0.2) is 27.6 Å². The summed E-state index contributed by atoms with van der Waals surface area (Å²) in [6.45, 7) is 11.0. The Morgan fingerprint density at radius 2 is 1.63 bits per heavy atom. The zero-order valence-electron chi connectivity index (χ0n) is 21.1. The SMILES string of the molecule is CCCn1cc(CN=C(NC(=O)c2ccc(NC(C)=O)cc2)Nc2ccc(C(C)C)cc2)c(C)n1. The fourth-order valence-corrected chi connectivity index (χ4v) is 3.51. The smallest absolute Gasteiger partial charge is 0.257 e. The van der Waals surface area contributed by atoms with Gasteiger partial charge in [-0.3, -0.25) is 19.6 Å². The zero-order chi connectivity index (χ0) is 25.4. The van der Waals surface area contributed by atoms with Gasteiger partial charge in [-0.05, 0) is 61.2 Å². The summed E-state index contributed by atoms with van der Waals surface area (Å²) in [6, 6.07) is 14.8. The quantitative estimate of drug-likeness (QED) is 0.313. The van der Waals surface area contributed by atoms with Crippen LogP contribution in [0.4, 0.5) is 11.4 Å². The zero-order valence-corrected chi connectivity index (χ0v) is 21.1. The van der Waals surface area contributed by atoms with Crippen molar-refractivity contribution < 1.29 is 9.59 Å². The second kappa shape index (κ2) is 12.0. The van der Waals surface area contributed by atoms with Gasteiger partial charge in [-0.15, -0.1) is 0 Å². The van der Waals surface area contributed by atoms with Crippen LogP contribution >= 0.6 is 0 Å². The Morgan fingerprint density at radius 1 is 1.00 bits per heavy atom. The summed E-state index contributed by atoms with van der Waals surface area (Å²) in [5.74, 6) is 0.311. The summed E-state index contributed by atoms with van der Waals surface area (Å²) < 4.78 is 1.92. The van der Waals surface area contributed by atoms with Gasteiger partial charge in [0.1, 0.15) is 0 Å². The highest BCUT2D eigenvalue weighted by Gasteiger charge is 2.12. The highest BCUT2D eigenvalue weighted by atomic mass is 16.2. The molecule has 0 aliphatic carbocycles. The molecular formula is C27H34N6O2. The minimum Gasteiger partial charge on any atom is -0.326 e. The highest BCUT2D eigenvalue weighted by Crippen LogP contribution is 2.17. The van der Waals surface area contributed by atoms with E-state index in [1.807, 2.05) is 29.9 Å². The highest BCUT2D eigenvalue weighted by molar-refractivity contribution is 6.10. The lowest BCUT2D eigenvalue weighted by Crippen LogP contribution is -2.36. The van der Waals surface area contributed by atoms with Gasteiger partial charge in [-0.1, -0.05) is 32.9 Å². The van der Waals surface area contributed by atoms with Gasteiger partial charge in [0.25, 0.3) is 5.91 Å². The summed E-state index contributed by atoms with van der Waals surface area (Å²) in [5.41, 5.74) is 5.07. The Labute approximate surface area is 206 Å².